The molecule has 1 aliphatic heterocycles. The minimum atomic E-state index is -0.0321. The standard InChI is InChI=1S/C14H19FN2/c1-17-8-7-10(9-17)16-14-6-5-11-12(14)3-2-4-13(11)15/h2-4,10,14,16H,5-9H2,1H3. The Morgan fingerprint density at radius 2 is 2.24 bits per heavy atom. The van der Waals surface area contributed by atoms with E-state index in [1.165, 1.54) is 18.5 Å². The van der Waals surface area contributed by atoms with Gasteiger partial charge in [-0.2, -0.15) is 0 Å². The van der Waals surface area contributed by atoms with E-state index in [1.54, 1.807) is 6.07 Å². The Morgan fingerprint density at radius 3 is 3.00 bits per heavy atom. The van der Waals surface area contributed by atoms with Gasteiger partial charge in [-0.15, -0.1) is 0 Å². The molecule has 1 aliphatic carbocycles. The van der Waals surface area contributed by atoms with Gasteiger partial charge in [0.15, 0.2) is 0 Å². The molecule has 2 atom stereocenters. The summed E-state index contributed by atoms with van der Waals surface area (Å²) in [6.07, 6.45) is 3.12. The lowest BCUT2D eigenvalue weighted by Crippen LogP contribution is -2.33. The van der Waals surface area contributed by atoms with Crippen molar-refractivity contribution in [2.75, 3.05) is 20.1 Å². The zero-order valence-corrected chi connectivity index (χ0v) is 10.2. The molecule has 0 bridgehead atoms. The number of nitrogens with one attached hydrogen (secondary N) is 1. The lowest BCUT2D eigenvalue weighted by Gasteiger charge is -2.19. The van der Waals surface area contributed by atoms with Gasteiger partial charge in [-0.25, -0.2) is 4.39 Å². The average molecular weight is 234 g/mol. The highest BCUT2D eigenvalue weighted by Crippen LogP contribution is 2.33. The highest BCUT2D eigenvalue weighted by Gasteiger charge is 2.28. The Morgan fingerprint density at radius 1 is 1.35 bits per heavy atom. The molecule has 1 saturated heterocycles. The van der Waals surface area contributed by atoms with Crippen LogP contribution in [-0.4, -0.2) is 31.1 Å². The molecule has 1 aromatic carbocycles. The Bertz CT molecular complexity index is 419. The van der Waals surface area contributed by atoms with Crippen molar-refractivity contribution in [3.63, 3.8) is 0 Å². The lowest BCUT2D eigenvalue weighted by molar-refractivity contribution is 0.381. The number of hydrogen-bond donors (Lipinski definition) is 1. The van der Waals surface area contributed by atoms with Gasteiger partial charge in [0, 0.05) is 18.6 Å². The molecule has 17 heavy (non-hydrogen) atoms. The van der Waals surface area contributed by atoms with Gasteiger partial charge in [-0.1, -0.05) is 12.1 Å². The van der Waals surface area contributed by atoms with Gasteiger partial charge in [0.1, 0.15) is 5.82 Å². The molecule has 0 spiro atoms. The molecule has 2 unspecified atom stereocenters. The van der Waals surface area contributed by atoms with Crippen LogP contribution in [0, 0.1) is 5.82 Å². The maximum absolute atomic E-state index is 13.6. The second-order valence-corrected chi connectivity index (χ2v) is 5.31. The molecule has 3 heteroatoms. The zero-order valence-electron chi connectivity index (χ0n) is 10.2. The molecule has 1 fully saturated rings. The number of likely N-dealkylation sites (N-methyl/N-ethyl adjacent to an activating group) is 1. The van der Waals surface area contributed by atoms with Crippen LogP contribution in [0.4, 0.5) is 4.39 Å². The summed E-state index contributed by atoms with van der Waals surface area (Å²) in [6, 6.07) is 6.40. The first-order chi connectivity index (χ1) is 8.24. The van der Waals surface area contributed by atoms with E-state index >= 15 is 0 Å². The van der Waals surface area contributed by atoms with Gasteiger partial charge in [-0.3, -0.25) is 0 Å². The minimum absolute atomic E-state index is 0.0321. The van der Waals surface area contributed by atoms with Crippen LogP contribution < -0.4 is 5.32 Å². The molecule has 1 aromatic rings. The molecule has 0 saturated carbocycles. The topological polar surface area (TPSA) is 15.3 Å². The lowest BCUT2D eigenvalue weighted by atomic mass is 10.1. The molecule has 2 aliphatic rings. The molecular formula is C14H19FN2. The number of hydrogen-bond acceptors (Lipinski definition) is 2. The maximum Gasteiger partial charge on any atom is 0.126 e. The van der Waals surface area contributed by atoms with Crippen LogP contribution in [0.1, 0.15) is 30.0 Å². The third-order valence-electron chi connectivity index (χ3n) is 4.04. The monoisotopic (exact) mass is 234 g/mol. The Kier molecular flexibility index (Phi) is 2.89. The van der Waals surface area contributed by atoms with Gasteiger partial charge in [-0.05, 0) is 50.0 Å². The molecule has 1 N–H and O–H groups in total. The molecule has 3 rings (SSSR count). The Labute approximate surface area is 102 Å². The van der Waals surface area contributed by atoms with Crippen molar-refractivity contribution in [2.24, 2.45) is 0 Å². The van der Waals surface area contributed by atoms with Gasteiger partial charge < -0.3 is 10.2 Å². The zero-order chi connectivity index (χ0) is 11.8. The molecule has 92 valence electrons. The van der Waals surface area contributed by atoms with Crippen molar-refractivity contribution in [1.82, 2.24) is 10.2 Å². The number of halogens is 1. The number of fused-ring (bicyclic) bond motifs is 1. The van der Waals surface area contributed by atoms with E-state index in [1.807, 2.05) is 6.07 Å². The van der Waals surface area contributed by atoms with Crippen molar-refractivity contribution in [3.8, 4) is 0 Å². The van der Waals surface area contributed by atoms with E-state index in [9.17, 15) is 4.39 Å². The van der Waals surface area contributed by atoms with Crippen LogP contribution in [-0.2, 0) is 6.42 Å². The second kappa shape index (κ2) is 4.39. The smallest absolute Gasteiger partial charge is 0.126 e. The highest BCUT2D eigenvalue weighted by molar-refractivity contribution is 5.35. The normalized spacial score (nSPS) is 28.6. The summed E-state index contributed by atoms with van der Waals surface area (Å²) in [5.74, 6) is -0.0321. The van der Waals surface area contributed by atoms with Crippen LogP contribution in [0.15, 0.2) is 18.2 Å². The van der Waals surface area contributed by atoms with E-state index in [0.29, 0.717) is 12.1 Å². The van der Waals surface area contributed by atoms with Crippen LogP contribution in [0.5, 0.6) is 0 Å². The largest absolute Gasteiger partial charge is 0.306 e. The first-order valence-corrected chi connectivity index (χ1v) is 6.46. The molecule has 0 radical (unpaired) electrons. The quantitative estimate of drug-likeness (QED) is 0.843. The predicted octanol–water partition coefficient (Wildman–Crippen LogP) is 2.11. The summed E-state index contributed by atoms with van der Waals surface area (Å²) >= 11 is 0. The summed E-state index contributed by atoms with van der Waals surface area (Å²) in [7, 11) is 2.16. The van der Waals surface area contributed by atoms with Crippen molar-refractivity contribution >= 4 is 0 Å². The molecule has 0 amide bonds. The van der Waals surface area contributed by atoms with Crippen LogP contribution in [0.2, 0.25) is 0 Å². The minimum Gasteiger partial charge on any atom is -0.306 e. The van der Waals surface area contributed by atoms with Crippen molar-refractivity contribution in [1.29, 1.82) is 0 Å². The Hall–Kier alpha value is -0.930. The first-order valence-electron chi connectivity index (χ1n) is 6.46. The van der Waals surface area contributed by atoms with Crippen molar-refractivity contribution in [3.05, 3.63) is 35.1 Å². The molecule has 1 heterocycles. The summed E-state index contributed by atoms with van der Waals surface area (Å²) in [6.45, 7) is 2.28. The second-order valence-electron chi connectivity index (χ2n) is 5.31. The SMILES string of the molecule is CN1CCC(NC2CCc3c(F)cccc32)C1. The van der Waals surface area contributed by atoms with E-state index in [0.717, 1.165) is 24.9 Å². The summed E-state index contributed by atoms with van der Waals surface area (Å²) < 4.78 is 13.6. The van der Waals surface area contributed by atoms with Gasteiger partial charge >= 0.3 is 0 Å². The number of likely N-dealkylation sites (tertiary alicyclic amines) is 1. The van der Waals surface area contributed by atoms with E-state index in [2.05, 4.69) is 23.3 Å². The van der Waals surface area contributed by atoms with Crippen molar-refractivity contribution < 1.29 is 4.39 Å². The highest BCUT2D eigenvalue weighted by atomic mass is 19.1. The van der Waals surface area contributed by atoms with Gasteiger partial charge in [0.2, 0.25) is 0 Å². The maximum atomic E-state index is 13.6. The van der Waals surface area contributed by atoms with Crippen LogP contribution >= 0.6 is 0 Å². The fourth-order valence-electron chi connectivity index (χ4n) is 3.14. The average Bonchev–Trinajstić information content (AvgIpc) is 2.88. The Balaban J connectivity index is 1.73. The number of benzene rings is 1. The predicted molar refractivity (Wildman–Crippen MR) is 66.5 cm³/mol. The summed E-state index contributed by atoms with van der Waals surface area (Å²) in [5, 5.41) is 3.68. The van der Waals surface area contributed by atoms with Crippen LogP contribution in [0.25, 0.3) is 0 Å². The molecule has 2 nitrogen and oxygen atoms in total. The molecular weight excluding hydrogens is 215 g/mol. The number of rotatable bonds is 2. The summed E-state index contributed by atoms with van der Waals surface area (Å²) in [5.41, 5.74) is 2.11. The van der Waals surface area contributed by atoms with Crippen LogP contribution in [0.3, 0.4) is 0 Å². The third kappa shape index (κ3) is 2.09. The fourth-order valence-corrected chi connectivity index (χ4v) is 3.14. The van der Waals surface area contributed by atoms with E-state index in [4.69, 9.17) is 0 Å². The van der Waals surface area contributed by atoms with E-state index in [-0.39, 0.29) is 5.82 Å². The first kappa shape index (κ1) is 11.2. The van der Waals surface area contributed by atoms with Gasteiger partial charge in [0.25, 0.3) is 0 Å². The van der Waals surface area contributed by atoms with E-state index < -0.39 is 0 Å². The molecule has 0 aromatic heterocycles. The fraction of sp³-hybridized carbons (Fsp3) is 0.571. The third-order valence-corrected chi connectivity index (χ3v) is 4.04. The number of nitrogens with zero attached hydrogens (tertiary/aromatic N) is 1. The summed E-state index contributed by atoms with van der Waals surface area (Å²) in [4.78, 5) is 2.35. The van der Waals surface area contributed by atoms with Crippen molar-refractivity contribution in [2.45, 2.75) is 31.3 Å². The van der Waals surface area contributed by atoms with Gasteiger partial charge in [0.05, 0.1) is 0 Å².